The number of carbonyl (C=O) groups excluding carboxylic acids is 1. The molecule has 1 aliphatic rings. The zero-order valence-electron chi connectivity index (χ0n) is 8.65. The number of rotatable bonds is 3. The summed E-state index contributed by atoms with van der Waals surface area (Å²) >= 11 is 1.71. The van der Waals surface area contributed by atoms with Crippen LogP contribution in [0.5, 0.6) is 0 Å². The number of hydrogen-bond donors (Lipinski definition) is 0. The molecule has 1 fully saturated rings. The number of amides is 1. The van der Waals surface area contributed by atoms with E-state index >= 15 is 0 Å². The number of ether oxygens (including phenoxy) is 1. The summed E-state index contributed by atoms with van der Waals surface area (Å²) in [6.07, 6.45) is 2.42. The van der Waals surface area contributed by atoms with Crippen molar-refractivity contribution < 1.29 is 9.53 Å². The first kappa shape index (κ1) is 10.6. The molecule has 15 heavy (non-hydrogen) atoms. The van der Waals surface area contributed by atoms with E-state index in [1.165, 1.54) is 4.88 Å². The minimum Gasteiger partial charge on any atom is -0.361 e. The van der Waals surface area contributed by atoms with Gasteiger partial charge in [-0.25, -0.2) is 0 Å². The number of thiophene rings is 1. The van der Waals surface area contributed by atoms with Crippen LogP contribution in [0.1, 0.15) is 17.7 Å². The third-order valence-corrected chi connectivity index (χ3v) is 3.42. The van der Waals surface area contributed by atoms with E-state index in [4.69, 9.17) is 4.74 Å². The van der Waals surface area contributed by atoms with Gasteiger partial charge in [-0.3, -0.25) is 4.79 Å². The van der Waals surface area contributed by atoms with Gasteiger partial charge in [0.15, 0.2) is 0 Å². The summed E-state index contributed by atoms with van der Waals surface area (Å²) in [5.74, 6) is 0.211. The van der Waals surface area contributed by atoms with Crippen LogP contribution < -0.4 is 0 Å². The SMILES string of the molecule is O=C(CCc1cccs1)N1CCCOC1. The van der Waals surface area contributed by atoms with E-state index in [0.717, 1.165) is 26.0 Å². The Kier molecular flexibility index (Phi) is 3.75. The van der Waals surface area contributed by atoms with Gasteiger partial charge in [-0.2, -0.15) is 0 Å². The standard InChI is InChI=1S/C11H15NO2S/c13-11(12-6-2-7-14-9-12)5-4-10-3-1-8-15-10/h1,3,8H,2,4-7,9H2. The van der Waals surface area contributed by atoms with Gasteiger partial charge in [0.25, 0.3) is 0 Å². The quantitative estimate of drug-likeness (QED) is 0.786. The van der Waals surface area contributed by atoms with Crippen LogP contribution in [-0.4, -0.2) is 30.7 Å². The summed E-state index contributed by atoms with van der Waals surface area (Å²) in [6.45, 7) is 2.11. The molecule has 2 heterocycles. The van der Waals surface area contributed by atoms with Crippen LogP contribution in [0, 0.1) is 0 Å². The molecule has 0 N–H and O–H groups in total. The van der Waals surface area contributed by atoms with Gasteiger partial charge in [0.2, 0.25) is 5.91 Å². The first-order valence-electron chi connectivity index (χ1n) is 5.24. The van der Waals surface area contributed by atoms with E-state index in [1.54, 1.807) is 16.2 Å². The van der Waals surface area contributed by atoms with Gasteiger partial charge in [-0.05, 0) is 24.3 Å². The van der Waals surface area contributed by atoms with Crippen molar-refractivity contribution in [2.75, 3.05) is 19.9 Å². The molecule has 0 bridgehead atoms. The molecule has 0 spiro atoms. The highest BCUT2D eigenvalue weighted by Crippen LogP contribution is 2.12. The Labute approximate surface area is 93.7 Å². The third kappa shape index (κ3) is 3.04. The normalized spacial score (nSPS) is 16.7. The molecule has 0 aromatic carbocycles. The Hall–Kier alpha value is -0.870. The molecule has 0 radical (unpaired) electrons. The summed E-state index contributed by atoms with van der Waals surface area (Å²) in [7, 11) is 0. The Morgan fingerprint density at radius 1 is 1.60 bits per heavy atom. The lowest BCUT2D eigenvalue weighted by molar-refractivity contribution is -0.140. The Morgan fingerprint density at radius 2 is 2.53 bits per heavy atom. The van der Waals surface area contributed by atoms with Crippen LogP contribution in [0.25, 0.3) is 0 Å². The van der Waals surface area contributed by atoms with Gasteiger partial charge in [0.1, 0.15) is 6.73 Å². The Bertz CT molecular complexity index is 304. The van der Waals surface area contributed by atoms with Crippen LogP contribution in [0.2, 0.25) is 0 Å². The van der Waals surface area contributed by atoms with E-state index in [0.29, 0.717) is 13.2 Å². The van der Waals surface area contributed by atoms with Gasteiger partial charge in [0.05, 0.1) is 6.61 Å². The summed E-state index contributed by atoms with van der Waals surface area (Å²) in [5, 5.41) is 2.05. The Balaban J connectivity index is 1.76. The largest absolute Gasteiger partial charge is 0.361 e. The maximum atomic E-state index is 11.7. The predicted molar refractivity (Wildman–Crippen MR) is 59.8 cm³/mol. The highest BCUT2D eigenvalue weighted by Gasteiger charge is 2.16. The smallest absolute Gasteiger partial charge is 0.224 e. The second-order valence-electron chi connectivity index (χ2n) is 3.63. The fraction of sp³-hybridized carbons (Fsp3) is 0.545. The van der Waals surface area contributed by atoms with Gasteiger partial charge < -0.3 is 9.64 Å². The van der Waals surface area contributed by atoms with Crippen LogP contribution in [0.3, 0.4) is 0 Å². The van der Waals surface area contributed by atoms with E-state index in [2.05, 4.69) is 6.07 Å². The molecule has 3 nitrogen and oxygen atoms in total. The number of nitrogens with zero attached hydrogens (tertiary/aromatic N) is 1. The van der Waals surface area contributed by atoms with Gasteiger partial charge in [0, 0.05) is 17.8 Å². The van der Waals surface area contributed by atoms with Gasteiger partial charge in [-0.15, -0.1) is 11.3 Å². The minimum atomic E-state index is 0.211. The molecule has 0 unspecified atom stereocenters. The van der Waals surface area contributed by atoms with Crippen LogP contribution in [-0.2, 0) is 16.0 Å². The van der Waals surface area contributed by atoms with E-state index in [-0.39, 0.29) is 5.91 Å². The summed E-state index contributed by atoms with van der Waals surface area (Å²) in [5.41, 5.74) is 0. The molecule has 1 aliphatic heterocycles. The second-order valence-corrected chi connectivity index (χ2v) is 4.66. The highest BCUT2D eigenvalue weighted by molar-refractivity contribution is 7.09. The second kappa shape index (κ2) is 5.28. The summed E-state index contributed by atoms with van der Waals surface area (Å²) in [6, 6.07) is 4.10. The molecule has 4 heteroatoms. The topological polar surface area (TPSA) is 29.5 Å². The monoisotopic (exact) mass is 225 g/mol. The van der Waals surface area contributed by atoms with Crippen molar-refractivity contribution in [3.05, 3.63) is 22.4 Å². The van der Waals surface area contributed by atoms with E-state index < -0.39 is 0 Å². The number of carbonyl (C=O) groups is 1. The van der Waals surface area contributed by atoms with Crippen molar-refractivity contribution >= 4 is 17.2 Å². The van der Waals surface area contributed by atoms with Crippen molar-refractivity contribution in [1.82, 2.24) is 4.90 Å². The average molecular weight is 225 g/mol. The minimum absolute atomic E-state index is 0.211. The first-order chi connectivity index (χ1) is 7.36. The predicted octanol–water partition coefficient (Wildman–Crippen LogP) is 1.89. The number of hydrogen-bond acceptors (Lipinski definition) is 3. The number of aryl methyl sites for hydroxylation is 1. The van der Waals surface area contributed by atoms with E-state index in [1.807, 2.05) is 11.4 Å². The highest BCUT2D eigenvalue weighted by atomic mass is 32.1. The van der Waals surface area contributed by atoms with Crippen molar-refractivity contribution in [2.24, 2.45) is 0 Å². The summed E-state index contributed by atoms with van der Waals surface area (Å²) < 4.78 is 5.25. The molecular weight excluding hydrogens is 210 g/mol. The third-order valence-electron chi connectivity index (χ3n) is 2.48. The lowest BCUT2D eigenvalue weighted by Crippen LogP contribution is -2.38. The fourth-order valence-corrected chi connectivity index (χ4v) is 2.35. The van der Waals surface area contributed by atoms with Gasteiger partial charge >= 0.3 is 0 Å². The van der Waals surface area contributed by atoms with Crippen molar-refractivity contribution in [1.29, 1.82) is 0 Å². The van der Waals surface area contributed by atoms with Crippen LogP contribution >= 0.6 is 11.3 Å². The van der Waals surface area contributed by atoms with Crippen LogP contribution in [0.4, 0.5) is 0 Å². The van der Waals surface area contributed by atoms with Crippen molar-refractivity contribution in [3.8, 4) is 0 Å². The average Bonchev–Trinajstić information content (AvgIpc) is 2.80. The fourth-order valence-electron chi connectivity index (χ4n) is 1.64. The van der Waals surface area contributed by atoms with Crippen molar-refractivity contribution in [3.63, 3.8) is 0 Å². The van der Waals surface area contributed by atoms with Crippen molar-refractivity contribution in [2.45, 2.75) is 19.3 Å². The molecule has 0 saturated carbocycles. The molecule has 2 rings (SSSR count). The van der Waals surface area contributed by atoms with E-state index in [9.17, 15) is 4.79 Å². The lowest BCUT2D eigenvalue weighted by Gasteiger charge is -2.26. The molecule has 1 saturated heterocycles. The molecule has 1 aromatic rings. The maximum absolute atomic E-state index is 11.7. The zero-order valence-corrected chi connectivity index (χ0v) is 9.46. The summed E-state index contributed by atoms with van der Waals surface area (Å²) in [4.78, 5) is 14.8. The molecule has 1 amide bonds. The molecule has 82 valence electrons. The molecule has 0 atom stereocenters. The zero-order chi connectivity index (χ0) is 10.5. The molecule has 0 aliphatic carbocycles. The lowest BCUT2D eigenvalue weighted by atomic mass is 10.2. The molecular formula is C11H15NO2S. The maximum Gasteiger partial charge on any atom is 0.224 e. The van der Waals surface area contributed by atoms with Crippen LogP contribution in [0.15, 0.2) is 17.5 Å². The molecule has 1 aromatic heterocycles. The Morgan fingerprint density at radius 3 is 3.20 bits per heavy atom. The first-order valence-corrected chi connectivity index (χ1v) is 6.12. The van der Waals surface area contributed by atoms with Gasteiger partial charge in [-0.1, -0.05) is 6.07 Å².